The Labute approximate surface area is 120 Å². The molecular formula is C13H16N6S. The monoisotopic (exact) mass is 288 g/mol. The van der Waals surface area contributed by atoms with Crippen LogP contribution in [-0.4, -0.2) is 33.8 Å². The first kappa shape index (κ1) is 12.9. The number of thiophene rings is 1. The van der Waals surface area contributed by atoms with Crippen LogP contribution in [0.25, 0.3) is 11.0 Å². The van der Waals surface area contributed by atoms with Crippen LogP contribution in [0.5, 0.6) is 0 Å². The first-order chi connectivity index (χ1) is 9.78. The molecule has 0 aliphatic carbocycles. The molecule has 0 radical (unpaired) electrons. The highest BCUT2D eigenvalue weighted by Crippen LogP contribution is 2.24. The molecule has 0 atom stereocenters. The summed E-state index contributed by atoms with van der Waals surface area (Å²) in [7, 11) is 2.03. The molecule has 3 aromatic heterocycles. The summed E-state index contributed by atoms with van der Waals surface area (Å²) in [6.07, 6.45) is 1.77. The van der Waals surface area contributed by atoms with E-state index in [0.717, 1.165) is 29.9 Å². The Morgan fingerprint density at radius 3 is 3.05 bits per heavy atom. The average molecular weight is 288 g/mol. The fourth-order valence-corrected chi connectivity index (χ4v) is 2.74. The number of rotatable bonds is 5. The highest BCUT2D eigenvalue weighted by Gasteiger charge is 2.13. The highest BCUT2D eigenvalue weighted by atomic mass is 32.1. The number of anilines is 2. The third kappa shape index (κ3) is 2.44. The van der Waals surface area contributed by atoms with Gasteiger partial charge in [0.2, 0.25) is 5.95 Å². The summed E-state index contributed by atoms with van der Waals surface area (Å²) in [5.41, 5.74) is 2.03. The Morgan fingerprint density at radius 2 is 2.30 bits per heavy atom. The zero-order valence-corrected chi connectivity index (χ0v) is 12.2. The van der Waals surface area contributed by atoms with Crippen LogP contribution in [0.1, 0.15) is 12.5 Å². The van der Waals surface area contributed by atoms with Gasteiger partial charge in [-0.3, -0.25) is 5.10 Å². The third-order valence-corrected chi connectivity index (χ3v) is 3.72. The minimum Gasteiger partial charge on any atom is -0.355 e. The predicted molar refractivity (Wildman–Crippen MR) is 82.3 cm³/mol. The van der Waals surface area contributed by atoms with Crippen LogP contribution in [0, 0.1) is 0 Å². The summed E-state index contributed by atoms with van der Waals surface area (Å²) in [6.45, 7) is 3.62. The van der Waals surface area contributed by atoms with Crippen molar-refractivity contribution in [3.05, 3.63) is 28.6 Å². The first-order valence-corrected chi connectivity index (χ1v) is 7.39. The van der Waals surface area contributed by atoms with Crippen LogP contribution in [0.3, 0.4) is 0 Å². The van der Waals surface area contributed by atoms with E-state index < -0.39 is 0 Å². The van der Waals surface area contributed by atoms with Gasteiger partial charge in [0, 0.05) is 20.1 Å². The maximum atomic E-state index is 4.59. The van der Waals surface area contributed by atoms with Gasteiger partial charge in [-0.05, 0) is 29.3 Å². The lowest BCUT2D eigenvalue weighted by molar-refractivity contribution is 0.903. The number of nitrogens with one attached hydrogen (secondary N) is 2. The van der Waals surface area contributed by atoms with E-state index in [1.165, 1.54) is 5.56 Å². The molecule has 3 rings (SSSR count). The second kappa shape index (κ2) is 5.46. The minimum atomic E-state index is 0.622. The number of nitrogens with zero attached hydrogens (tertiary/aromatic N) is 4. The molecule has 0 fully saturated rings. The highest BCUT2D eigenvalue weighted by molar-refractivity contribution is 7.07. The fraction of sp³-hybridized carbons (Fsp3) is 0.308. The van der Waals surface area contributed by atoms with Gasteiger partial charge in [0.15, 0.2) is 5.65 Å². The molecule has 0 unspecified atom stereocenters. The fourth-order valence-electron chi connectivity index (χ4n) is 2.08. The van der Waals surface area contributed by atoms with Gasteiger partial charge in [-0.25, -0.2) is 0 Å². The van der Waals surface area contributed by atoms with Crippen LogP contribution in [0.2, 0.25) is 0 Å². The average Bonchev–Trinajstić information content (AvgIpc) is 3.08. The molecule has 0 aromatic carbocycles. The number of hydrogen-bond donors (Lipinski definition) is 2. The Morgan fingerprint density at radius 1 is 1.40 bits per heavy atom. The van der Waals surface area contributed by atoms with Gasteiger partial charge in [0.25, 0.3) is 0 Å². The summed E-state index contributed by atoms with van der Waals surface area (Å²) in [5, 5.41) is 15.3. The molecule has 104 valence electrons. The molecule has 20 heavy (non-hydrogen) atoms. The maximum absolute atomic E-state index is 4.59. The van der Waals surface area contributed by atoms with Crippen molar-refractivity contribution < 1.29 is 0 Å². The summed E-state index contributed by atoms with van der Waals surface area (Å²) in [5.74, 6) is 1.50. The molecule has 0 aliphatic rings. The smallest absolute Gasteiger partial charge is 0.226 e. The van der Waals surface area contributed by atoms with Crippen molar-refractivity contribution in [2.45, 2.75) is 13.5 Å². The molecule has 0 saturated heterocycles. The van der Waals surface area contributed by atoms with Gasteiger partial charge >= 0.3 is 0 Å². The lowest BCUT2D eigenvalue weighted by Crippen LogP contribution is -2.18. The van der Waals surface area contributed by atoms with Crippen LogP contribution < -0.4 is 10.2 Å². The Hall–Kier alpha value is -2.15. The van der Waals surface area contributed by atoms with Crippen LogP contribution in [-0.2, 0) is 6.54 Å². The Kier molecular flexibility index (Phi) is 3.51. The summed E-state index contributed by atoms with van der Waals surface area (Å²) in [6, 6.07) is 2.13. The zero-order valence-electron chi connectivity index (χ0n) is 11.4. The molecule has 0 amide bonds. The summed E-state index contributed by atoms with van der Waals surface area (Å²) < 4.78 is 0. The van der Waals surface area contributed by atoms with Crippen LogP contribution >= 0.6 is 11.3 Å². The predicted octanol–water partition coefficient (Wildman–Crippen LogP) is 2.48. The number of aromatic nitrogens is 4. The second-order valence-electron chi connectivity index (χ2n) is 4.52. The van der Waals surface area contributed by atoms with Crippen molar-refractivity contribution in [2.75, 3.05) is 23.8 Å². The lowest BCUT2D eigenvalue weighted by atomic mass is 10.3. The molecule has 6 nitrogen and oxygen atoms in total. The Bertz CT molecular complexity index is 690. The second-order valence-corrected chi connectivity index (χ2v) is 5.30. The van der Waals surface area contributed by atoms with E-state index in [-0.39, 0.29) is 0 Å². The molecule has 0 saturated carbocycles. The van der Waals surface area contributed by atoms with Gasteiger partial charge in [0.1, 0.15) is 5.82 Å². The van der Waals surface area contributed by atoms with E-state index in [2.05, 4.69) is 47.2 Å². The largest absolute Gasteiger partial charge is 0.355 e. The SMILES string of the molecule is CCNc1nc(N(C)Cc2ccsc2)c2cn[nH]c2n1. The molecule has 3 aromatic rings. The van der Waals surface area contributed by atoms with Crippen LogP contribution in [0.15, 0.2) is 23.0 Å². The van der Waals surface area contributed by atoms with E-state index in [4.69, 9.17) is 0 Å². The van der Waals surface area contributed by atoms with E-state index in [9.17, 15) is 0 Å². The standard InChI is InChI=1S/C13H16N6S/c1-3-14-13-16-11-10(6-15-18-11)12(17-13)19(2)7-9-4-5-20-8-9/h4-6,8H,3,7H2,1-2H3,(H2,14,15,16,17,18). The number of H-pyrrole nitrogens is 1. The van der Waals surface area contributed by atoms with Gasteiger partial charge in [-0.1, -0.05) is 0 Å². The molecule has 3 heterocycles. The van der Waals surface area contributed by atoms with E-state index in [0.29, 0.717) is 5.95 Å². The molecule has 0 aliphatic heterocycles. The molecular weight excluding hydrogens is 272 g/mol. The molecule has 7 heteroatoms. The Balaban J connectivity index is 1.97. The van der Waals surface area contributed by atoms with Crippen molar-refractivity contribution in [3.63, 3.8) is 0 Å². The maximum Gasteiger partial charge on any atom is 0.226 e. The van der Waals surface area contributed by atoms with Crippen molar-refractivity contribution in [1.29, 1.82) is 0 Å². The molecule has 2 N–H and O–H groups in total. The van der Waals surface area contributed by atoms with Gasteiger partial charge < -0.3 is 10.2 Å². The van der Waals surface area contributed by atoms with Gasteiger partial charge in [0.05, 0.1) is 11.6 Å². The van der Waals surface area contributed by atoms with Crippen molar-refractivity contribution >= 4 is 34.1 Å². The van der Waals surface area contributed by atoms with E-state index in [1.54, 1.807) is 17.5 Å². The normalized spacial score (nSPS) is 10.9. The molecule has 0 spiro atoms. The number of hydrogen-bond acceptors (Lipinski definition) is 6. The zero-order chi connectivity index (χ0) is 13.9. The van der Waals surface area contributed by atoms with E-state index >= 15 is 0 Å². The first-order valence-electron chi connectivity index (χ1n) is 6.45. The number of fused-ring (bicyclic) bond motifs is 1. The summed E-state index contributed by atoms with van der Waals surface area (Å²) in [4.78, 5) is 11.1. The lowest BCUT2D eigenvalue weighted by Gasteiger charge is -2.18. The van der Waals surface area contributed by atoms with Crippen molar-refractivity contribution in [3.8, 4) is 0 Å². The topological polar surface area (TPSA) is 69.7 Å². The van der Waals surface area contributed by atoms with Gasteiger partial charge in [-0.2, -0.15) is 26.4 Å². The summed E-state index contributed by atoms with van der Waals surface area (Å²) >= 11 is 1.70. The minimum absolute atomic E-state index is 0.622. The van der Waals surface area contributed by atoms with Crippen molar-refractivity contribution in [2.24, 2.45) is 0 Å². The van der Waals surface area contributed by atoms with Gasteiger partial charge in [-0.15, -0.1) is 0 Å². The third-order valence-electron chi connectivity index (χ3n) is 2.99. The quantitative estimate of drug-likeness (QED) is 0.755. The van der Waals surface area contributed by atoms with Crippen LogP contribution in [0.4, 0.5) is 11.8 Å². The molecule has 0 bridgehead atoms. The van der Waals surface area contributed by atoms with Crippen molar-refractivity contribution in [1.82, 2.24) is 20.2 Å². The number of aromatic amines is 1. The van der Waals surface area contributed by atoms with E-state index in [1.807, 2.05) is 14.0 Å².